The minimum atomic E-state index is -0.0909. The van der Waals surface area contributed by atoms with Crippen molar-refractivity contribution in [3.8, 4) is 5.82 Å². The van der Waals surface area contributed by atoms with Crippen molar-refractivity contribution in [3.63, 3.8) is 0 Å². The van der Waals surface area contributed by atoms with Crippen LogP contribution >= 0.6 is 0 Å². The first-order valence-electron chi connectivity index (χ1n) is 8.48. The molecule has 1 N–H and O–H groups in total. The number of aromatic nitrogens is 4. The Bertz CT molecular complexity index is 875. The zero-order valence-corrected chi connectivity index (χ0v) is 13.8. The maximum absolute atomic E-state index is 12.5. The van der Waals surface area contributed by atoms with Gasteiger partial charge in [0.1, 0.15) is 12.7 Å². The molecule has 1 atom stereocenters. The van der Waals surface area contributed by atoms with E-state index in [0.29, 0.717) is 23.8 Å². The lowest BCUT2D eigenvalue weighted by Gasteiger charge is -2.25. The molecular weight excluding hydrogens is 314 g/mol. The van der Waals surface area contributed by atoms with Crippen molar-refractivity contribution in [1.82, 2.24) is 25.1 Å². The minimum absolute atomic E-state index is 0.0909. The molecule has 0 fully saturated rings. The zero-order chi connectivity index (χ0) is 17.1. The minimum Gasteiger partial charge on any atom is -0.351 e. The molecule has 0 bridgehead atoms. The van der Waals surface area contributed by atoms with Crippen molar-refractivity contribution in [2.24, 2.45) is 0 Å². The normalized spacial score (nSPS) is 16.2. The number of rotatable bonds is 4. The van der Waals surface area contributed by atoms with Gasteiger partial charge in [-0.1, -0.05) is 24.3 Å². The van der Waals surface area contributed by atoms with E-state index < -0.39 is 0 Å². The highest BCUT2D eigenvalue weighted by Crippen LogP contribution is 2.30. The van der Waals surface area contributed by atoms with Crippen molar-refractivity contribution >= 4 is 5.91 Å². The number of benzene rings is 1. The Labute approximate surface area is 145 Å². The first-order valence-corrected chi connectivity index (χ1v) is 8.48. The number of carbonyl (C=O) groups excluding carboxylic acids is 1. The molecule has 0 saturated carbocycles. The van der Waals surface area contributed by atoms with Crippen LogP contribution < -0.4 is 5.32 Å². The molecule has 1 unspecified atom stereocenters. The van der Waals surface area contributed by atoms with Crippen LogP contribution in [0.15, 0.2) is 55.2 Å². The molecule has 1 aliphatic carbocycles. The van der Waals surface area contributed by atoms with Crippen LogP contribution in [0, 0.1) is 0 Å². The quantitative estimate of drug-likeness (QED) is 0.796. The third-order valence-corrected chi connectivity index (χ3v) is 4.66. The third-order valence-electron chi connectivity index (χ3n) is 4.66. The van der Waals surface area contributed by atoms with Crippen molar-refractivity contribution in [2.45, 2.75) is 25.2 Å². The van der Waals surface area contributed by atoms with Gasteiger partial charge in [-0.05, 0) is 42.5 Å². The van der Waals surface area contributed by atoms with Gasteiger partial charge in [-0.2, -0.15) is 5.10 Å². The van der Waals surface area contributed by atoms with E-state index in [-0.39, 0.29) is 5.91 Å². The van der Waals surface area contributed by atoms with Crippen LogP contribution in [0.2, 0.25) is 0 Å². The first kappa shape index (κ1) is 15.5. The van der Waals surface area contributed by atoms with E-state index in [1.165, 1.54) is 28.6 Å². The van der Waals surface area contributed by atoms with Crippen LogP contribution in [-0.4, -0.2) is 32.2 Å². The molecule has 0 radical (unpaired) electrons. The molecule has 126 valence electrons. The summed E-state index contributed by atoms with van der Waals surface area (Å²) in [5.41, 5.74) is 3.35. The molecule has 2 aromatic heterocycles. The predicted molar refractivity (Wildman–Crippen MR) is 93.6 cm³/mol. The predicted octanol–water partition coefficient (Wildman–Crippen LogP) is 2.51. The Hall–Kier alpha value is -3.02. The van der Waals surface area contributed by atoms with Crippen molar-refractivity contribution in [1.29, 1.82) is 0 Å². The number of nitrogens with one attached hydrogen (secondary N) is 1. The van der Waals surface area contributed by atoms with Crippen molar-refractivity contribution in [2.75, 3.05) is 6.54 Å². The number of hydrogen-bond acceptors (Lipinski definition) is 4. The Morgan fingerprint density at radius 3 is 3.08 bits per heavy atom. The number of aryl methyl sites for hydroxylation is 1. The van der Waals surface area contributed by atoms with Gasteiger partial charge in [0.05, 0.1) is 0 Å². The Balaban J connectivity index is 1.46. The van der Waals surface area contributed by atoms with E-state index in [1.807, 2.05) is 0 Å². The Morgan fingerprint density at radius 2 is 2.20 bits per heavy atom. The SMILES string of the molecule is O=C(NCC1CCCc2ccccc21)c1ccnc(-n2cncn2)c1. The summed E-state index contributed by atoms with van der Waals surface area (Å²) in [5.74, 6) is 0.866. The average Bonchev–Trinajstić information content (AvgIpc) is 3.21. The van der Waals surface area contributed by atoms with E-state index >= 15 is 0 Å². The summed E-state index contributed by atoms with van der Waals surface area (Å²) in [5, 5.41) is 7.11. The van der Waals surface area contributed by atoms with Gasteiger partial charge >= 0.3 is 0 Å². The van der Waals surface area contributed by atoms with Gasteiger partial charge in [0.2, 0.25) is 0 Å². The number of hydrogen-bond donors (Lipinski definition) is 1. The second-order valence-electron chi connectivity index (χ2n) is 6.24. The highest BCUT2D eigenvalue weighted by molar-refractivity contribution is 5.94. The lowest BCUT2D eigenvalue weighted by atomic mass is 9.83. The molecule has 6 heteroatoms. The van der Waals surface area contributed by atoms with Gasteiger partial charge in [0.25, 0.3) is 5.91 Å². The second kappa shape index (κ2) is 6.84. The highest BCUT2D eigenvalue weighted by Gasteiger charge is 2.20. The summed E-state index contributed by atoms with van der Waals surface area (Å²) < 4.78 is 1.54. The van der Waals surface area contributed by atoms with Gasteiger partial charge < -0.3 is 5.32 Å². The summed E-state index contributed by atoms with van der Waals surface area (Å²) in [6.07, 6.45) is 8.02. The Kier molecular flexibility index (Phi) is 4.24. The van der Waals surface area contributed by atoms with E-state index in [0.717, 1.165) is 12.8 Å². The molecule has 25 heavy (non-hydrogen) atoms. The van der Waals surface area contributed by atoms with Crippen LogP contribution in [-0.2, 0) is 6.42 Å². The van der Waals surface area contributed by atoms with Gasteiger partial charge in [-0.3, -0.25) is 4.79 Å². The second-order valence-corrected chi connectivity index (χ2v) is 6.24. The zero-order valence-electron chi connectivity index (χ0n) is 13.8. The molecule has 1 aliphatic rings. The summed E-state index contributed by atoms with van der Waals surface area (Å²) in [6, 6.07) is 12.0. The molecular formula is C19H19N5O. The van der Waals surface area contributed by atoms with Crippen molar-refractivity contribution in [3.05, 3.63) is 71.9 Å². The van der Waals surface area contributed by atoms with Crippen LogP contribution in [0.25, 0.3) is 5.82 Å². The van der Waals surface area contributed by atoms with Crippen molar-refractivity contribution < 1.29 is 4.79 Å². The highest BCUT2D eigenvalue weighted by atomic mass is 16.1. The molecule has 1 amide bonds. The fraction of sp³-hybridized carbons (Fsp3) is 0.263. The van der Waals surface area contributed by atoms with Gasteiger partial charge in [-0.15, -0.1) is 0 Å². The number of carbonyl (C=O) groups is 1. The number of amides is 1. The summed E-state index contributed by atoms with van der Waals surface area (Å²) in [7, 11) is 0. The first-order chi connectivity index (χ1) is 12.3. The van der Waals surface area contributed by atoms with Gasteiger partial charge in [-0.25, -0.2) is 14.6 Å². The number of pyridine rings is 1. The van der Waals surface area contributed by atoms with E-state index in [2.05, 4.69) is 44.6 Å². The molecule has 1 aromatic carbocycles. The monoisotopic (exact) mass is 333 g/mol. The van der Waals surface area contributed by atoms with E-state index in [4.69, 9.17) is 0 Å². The maximum Gasteiger partial charge on any atom is 0.251 e. The van der Waals surface area contributed by atoms with Crippen LogP contribution in [0.1, 0.15) is 40.2 Å². The smallest absolute Gasteiger partial charge is 0.251 e. The molecule has 0 saturated heterocycles. The lowest BCUT2D eigenvalue weighted by Crippen LogP contribution is -2.30. The lowest BCUT2D eigenvalue weighted by molar-refractivity contribution is 0.0950. The topological polar surface area (TPSA) is 72.7 Å². The summed E-state index contributed by atoms with van der Waals surface area (Å²) in [4.78, 5) is 20.7. The Morgan fingerprint density at radius 1 is 1.28 bits per heavy atom. The fourth-order valence-electron chi connectivity index (χ4n) is 3.40. The largest absolute Gasteiger partial charge is 0.351 e. The van der Waals surface area contributed by atoms with Gasteiger partial charge in [0.15, 0.2) is 5.82 Å². The maximum atomic E-state index is 12.5. The standard InChI is InChI=1S/C19H19N5O/c25-19(15-8-9-21-18(10-15)24-13-20-12-23-24)22-11-16-6-3-5-14-4-1-2-7-17(14)16/h1-2,4,7-10,12-13,16H,3,5-6,11H2,(H,22,25). The number of fused-ring (bicyclic) bond motifs is 1. The van der Waals surface area contributed by atoms with E-state index in [1.54, 1.807) is 24.7 Å². The summed E-state index contributed by atoms with van der Waals surface area (Å²) in [6.45, 7) is 0.650. The third kappa shape index (κ3) is 3.28. The van der Waals surface area contributed by atoms with Crippen LogP contribution in [0.3, 0.4) is 0 Å². The molecule has 0 aliphatic heterocycles. The number of nitrogens with zero attached hydrogens (tertiary/aromatic N) is 4. The molecule has 4 rings (SSSR count). The summed E-state index contributed by atoms with van der Waals surface area (Å²) >= 11 is 0. The molecule has 6 nitrogen and oxygen atoms in total. The van der Waals surface area contributed by atoms with Gasteiger partial charge in [0, 0.05) is 24.2 Å². The van der Waals surface area contributed by atoms with Crippen LogP contribution in [0.5, 0.6) is 0 Å². The molecule has 3 aromatic rings. The average molecular weight is 333 g/mol. The van der Waals surface area contributed by atoms with E-state index in [9.17, 15) is 4.79 Å². The van der Waals surface area contributed by atoms with Crippen LogP contribution in [0.4, 0.5) is 0 Å². The molecule has 2 heterocycles. The fourth-order valence-corrected chi connectivity index (χ4v) is 3.40. The molecule has 0 spiro atoms.